The molecule has 2 aromatic carbocycles. The van der Waals surface area contributed by atoms with Gasteiger partial charge in [0.25, 0.3) is 0 Å². The van der Waals surface area contributed by atoms with Crippen LogP contribution >= 0.6 is 11.3 Å². The SMILES string of the molecule is Cc1c(-c2cccc(NC(C3CCNCC3)S(=O)(=O)Cc3ccccc3N)c2)sc(C(=O)O)c1OCC(=O)O. The van der Waals surface area contributed by atoms with E-state index < -0.39 is 33.8 Å². The lowest BCUT2D eigenvalue weighted by molar-refractivity contribution is -0.139. The molecule has 6 N–H and O–H groups in total. The number of aliphatic carboxylic acids is 1. The van der Waals surface area contributed by atoms with Crippen LogP contribution in [0.15, 0.2) is 48.5 Å². The van der Waals surface area contributed by atoms with Crippen LogP contribution < -0.4 is 21.1 Å². The van der Waals surface area contributed by atoms with Crippen molar-refractivity contribution < 1.29 is 33.0 Å². The number of carboxylic acid groups (broad SMARTS) is 2. The molecule has 1 fully saturated rings. The zero-order valence-corrected chi connectivity index (χ0v) is 23.0. The highest BCUT2D eigenvalue weighted by Crippen LogP contribution is 2.42. The smallest absolute Gasteiger partial charge is 0.349 e. The lowest BCUT2D eigenvalue weighted by Gasteiger charge is -2.32. The zero-order chi connectivity index (χ0) is 28.2. The summed E-state index contributed by atoms with van der Waals surface area (Å²) < 4.78 is 32.8. The van der Waals surface area contributed by atoms with E-state index in [1.807, 2.05) is 0 Å². The molecule has 0 amide bonds. The molecule has 0 radical (unpaired) electrons. The number of hydrogen-bond acceptors (Lipinski definition) is 9. The van der Waals surface area contributed by atoms with Crippen LogP contribution in [0.4, 0.5) is 11.4 Å². The molecule has 0 aliphatic carbocycles. The van der Waals surface area contributed by atoms with Gasteiger partial charge in [0.1, 0.15) is 11.1 Å². The maximum atomic E-state index is 13.7. The molecule has 0 bridgehead atoms. The van der Waals surface area contributed by atoms with Crippen molar-refractivity contribution in [3.05, 3.63) is 64.5 Å². The maximum Gasteiger partial charge on any atom is 0.349 e. The summed E-state index contributed by atoms with van der Waals surface area (Å²) in [5.41, 5.74) is 8.75. The summed E-state index contributed by atoms with van der Waals surface area (Å²) in [6.07, 6.45) is 1.38. The first-order valence-corrected chi connectivity index (χ1v) is 14.9. The van der Waals surface area contributed by atoms with Crippen molar-refractivity contribution in [2.24, 2.45) is 5.92 Å². The van der Waals surface area contributed by atoms with Gasteiger partial charge in [-0.1, -0.05) is 30.3 Å². The quantitative estimate of drug-likeness (QED) is 0.213. The second-order valence-electron chi connectivity index (χ2n) is 9.44. The van der Waals surface area contributed by atoms with Gasteiger partial charge in [0.2, 0.25) is 0 Å². The fourth-order valence-corrected chi connectivity index (χ4v) is 7.89. The minimum absolute atomic E-state index is 0.0128. The number of carbonyl (C=O) groups is 2. The first-order chi connectivity index (χ1) is 18.6. The average Bonchev–Trinajstić information content (AvgIpc) is 3.24. The Balaban J connectivity index is 1.67. The van der Waals surface area contributed by atoms with Crippen LogP contribution in [0.5, 0.6) is 5.75 Å². The second kappa shape index (κ2) is 12.1. The van der Waals surface area contributed by atoms with Gasteiger partial charge in [-0.25, -0.2) is 18.0 Å². The van der Waals surface area contributed by atoms with Crippen molar-refractivity contribution in [2.45, 2.75) is 30.9 Å². The molecule has 12 heteroatoms. The summed E-state index contributed by atoms with van der Waals surface area (Å²) in [4.78, 5) is 23.3. The lowest BCUT2D eigenvalue weighted by Crippen LogP contribution is -2.43. The Kier molecular flexibility index (Phi) is 8.78. The number of thiophene rings is 1. The minimum atomic E-state index is -3.68. The number of hydrogen-bond donors (Lipinski definition) is 5. The molecule has 4 rings (SSSR count). The molecule has 208 valence electrons. The maximum absolute atomic E-state index is 13.7. The summed E-state index contributed by atoms with van der Waals surface area (Å²) in [7, 11) is -3.68. The number of rotatable bonds is 11. The normalized spacial score (nSPS) is 15.0. The Hall–Kier alpha value is -3.61. The van der Waals surface area contributed by atoms with Crippen molar-refractivity contribution in [1.82, 2.24) is 5.32 Å². The molecule has 1 aliphatic rings. The van der Waals surface area contributed by atoms with E-state index in [0.29, 0.717) is 45.8 Å². The molecular weight excluding hydrogens is 542 g/mol. The van der Waals surface area contributed by atoms with Gasteiger partial charge >= 0.3 is 11.9 Å². The third kappa shape index (κ3) is 6.70. The Morgan fingerprint density at radius 1 is 1.15 bits per heavy atom. The number of carboxylic acids is 2. The summed E-state index contributed by atoms with van der Waals surface area (Å²) in [5.74, 6) is -2.74. The summed E-state index contributed by atoms with van der Waals surface area (Å²) >= 11 is 0.978. The highest BCUT2D eigenvalue weighted by molar-refractivity contribution is 7.91. The Morgan fingerprint density at radius 3 is 2.54 bits per heavy atom. The Labute approximate surface area is 230 Å². The van der Waals surface area contributed by atoms with E-state index in [1.165, 1.54) is 0 Å². The van der Waals surface area contributed by atoms with E-state index in [2.05, 4.69) is 10.6 Å². The third-order valence-electron chi connectivity index (χ3n) is 6.67. The number of aromatic carboxylic acids is 1. The zero-order valence-electron chi connectivity index (χ0n) is 21.3. The van der Waals surface area contributed by atoms with E-state index in [0.717, 1.165) is 24.4 Å². The predicted octanol–water partition coefficient (Wildman–Crippen LogP) is 3.82. The van der Waals surface area contributed by atoms with Gasteiger partial charge < -0.3 is 31.3 Å². The Bertz CT molecular complexity index is 1460. The van der Waals surface area contributed by atoms with Gasteiger partial charge in [0.15, 0.2) is 21.3 Å². The fourth-order valence-electron chi connectivity index (χ4n) is 4.76. The molecule has 0 spiro atoms. The third-order valence-corrected chi connectivity index (χ3v) is 9.97. The molecule has 2 heterocycles. The topological polar surface area (TPSA) is 168 Å². The van der Waals surface area contributed by atoms with Crippen molar-refractivity contribution in [3.63, 3.8) is 0 Å². The number of nitrogen functional groups attached to an aromatic ring is 1. The molecule has 1 aromatic heterocycles. The molecule has 39 heavy (non-hydrogen) atoms. The number of piperidine rings is 1. The van der Waals surface area contributed by atoms with Crippen molar-refractivity contribution in [3.8, 4) is 16.2 Å². The first kappa shape index (κ1) is 28.4. The predicted molar refractivity (Wildman–Crippen MR) is 151 cm³/mol. The first-order valence-electron chi connectivity index (χ1n) is 12.4. The number of ether oxygens (including phenoxy) is 1. The number of benzene rings is 2. The molecule has 1 aliphatic heterocycles. The van der Waals surface area contributed by atoms with Crippen LogP contribution in [-0.4, -0.2) is 55.6 Å². The minimum Gasteiger partial charge on any atom is -0.480 e. The van der Waals surface area contributed by atoms with Crippen LogP contribution in [0.1, 0.15) is 33.6 Å². The summed E-state index contributed by atoms with van der Waals surface area (Å²) in [6, 6.07) is 14.0. The van der Waals surface area contributed by atoms with Crippen LogP contribution in [0.2, 0.25) is 0 Å². The number of anilines is 2. The highest BCUT2D eigenvalue weighted by Gasteiger charge is 2.35. The van der Waals surface area contributed by atoms with Gasteiger partial charge in [-0.3, -0.25) is 0 Å². The van der Waals surface area contributed by atoms with E-state index in [1.54, 1.807) is 55.5 Å². The van der Waals surface area contributed by atoms with E-state index in [-0.39, 0.29) is 22.3 Å². The lowest BCUT2D eigenvalue weighted by atomic mass is 9.97. The van der Waals surface area contributed by atoms with Crippen molar-refractivity contribution in [2.75, 3.05) is 30.7 Å². The molecule has 1 atom stereocenters. The van der Waals surface area contributed by atoms with Crippen LogP contribution in [-0.2, 0) is 20.4 Å². The van der Waals surface area contributed by atoms with Crippen molar-refractivity contribution in [1.29, 1.82) is 0 Å². The number of para-hydroxylation sites is 1. The van der Waals surface area contributed by atoms with E-state index in [9.17, 15) is 23.1 Å². The Morgan fingerprint density at radius 2 is 1.87 bits per heavy atom. The largest absolute Gasteiger partial charge is 0.480 e. The monoisotopic (exact) mass is 573 g/mol. The fraction of sp³-hybridized carbons (Fsp3) is 0.333. The molecule has 10 nitrogen and oxygen atoms in total. The number of sulfone groups is 1. The van der Waals surface area contributed by atoms with Crippen LogP contribution in [0.25, 0.3) is 10.4 Å². The molecule has 1 unspecified atom stereocenters. The van der Waals surface area contributed by atoms with Gasteiger partial charge in [-0.15, -0.1) is 11.3 Å². The van der Waals surface area contributed by atoms with Crippen molar-refractivity contribution >= 4 is 44.5 Å². The highest BCUT2D eigenvalue weighted by atomic mass is 32.2. The van der Waals surface area contributed by atoms with E-state index in [4.69, 9.17) is 15.6 Å². The molecule has 0 saturated carbocycles. The summed E-state index contributed by atoms with van der Waals surface area (Å²) in [5, 5.41) is 24.3. The second-order valence-corrected chi connectivity index (χ2v) is 12.6. The van der Waals surface area contributed by atoms with Gasteiger partial charge in [-0.05, 0) is 68.1 Å². The summed E-state index contributed by atoms with van der Waals surface area (Å²) in [6.45, 7) is 2.44. The van der Waals surface area contributed by atoms with Gasteiger partial charge in [-0.2, -0.15) is 0 Å². The van der Waals surface area contributed by atoms with Gasteiger partial charge in [0.05, 0.1) is 5.75 Å². The standard InChI is InChI=1S/C27H31N3O7S2/c1-16-23(37-14-22(31)32)25(27(33)34)38-24(16)18-6-4-7-20(13-18)30-26(17-9-11-29-12-10-17)39(35,36)15-19-5-2-3-8-21(19)28/h2-8,13,17,26,29-30H,9-12,14-15,28H2,1H3,(H,31,32)(H,33,34). The number of nitrogens with two attached hydrogens (primary N) is 1. The van der Waals surface area contributed by atoms with Gasteiger partial charge in [0, 0.05) is 21.8 Å². The molecular formula is C27H31N3O7S2. The molecule has 1 saturated heterocycles. The number of nitrogens with one attached hydrogen (secondary N) is 2. The molecule has 3 aromatic rings. The van der Waals surface area contributed by atoms with E-state index >= 15 is 0 Å². The van der Waals surface area contributed by atoms with Crippen LogP contribution in [0, 0.1) is 12.8 Å². The average molecular weight is 574 g/mol. The van der Waals surface area contributed by atoms with Crippen LogP contribution in [0.3, 0.4) is 0 Å².